The Kier molecular flexibility index (Phi) is 5.52. The van der Waals surface area contributed by atoms with Gasteiger partial charge < -0.3 is 14.8 Å². The van der Waals surface area contributed by atoms with Crippen LogP contribution in [0.4, 0.5) is 0 Å². The molecule has 1 aliphatic rings. The van der Waals surface area contributed by atoms with E-state index < -0.39 is 15.6 Å². The molecule has 142 valence electrons. The number of furan rings is 1. The fraction of sp³-hybridized carbons (Fsp3) is 0.471. The number of nitrogens with one attached hydrogen (secondary N) is 1. The molecule has 0 saturated carbocycles. The molecule has 2 aromatic heterocycles. The highest BCUT2D eigenvalue weighted by atomic mass is 32.2. The summed E-state index contributed by atoms with van der Waals surface area (Å²) in [7, 11) is -3.22. The van der Waals surface area contributed by atoms with Crippen molar-refractivity contribution < 1.29 is 22.7 Å². The van der Waals surface area contributed by atoms with Crippen molar-refractivity contribution in [1.82, 2.24) is 9.62 Å². The maximum absolute atomic E-state index is 12.5. The molecule has 0 aliphatic carbocycles. The van der Waals surface area contributed by atoms with Crippen LogP contribution in [0.15, 0.2) is 40.5 Å². The lowest BCUT2D eigenvalue weighted by Crippen LogP contribution is -2.46. The maximum atomic E-state index is 12.5. The normalized spacial score (nSPS) is 19.2. The molecular formula is C17H22N2O5S2. The van der Waals surface area contributed by atoms with Gasteiger partial charge in [-0.2, -0.15) is 0 Å². The van der Waals surface area contributed by atoms with Crippen LogP contribution >= 0.6 is 11.3 Å². The van der Waals surface area contributed by atoms with Gasteiger partial charge in [0.15, 0.2) is 0 Å². The molecular weight excluding hydrogens is 376 g/mol. The van der Waals surface area contributed by atoms with E-state index >= 15 is 0 Å². The zero-order chi connectivity index (χ0) is 18.8. The molecule has 26 heavy (non-hydrogen) atoms. The van der Waals surface area contributed by atoms with Crippen molar-refractivity contribution in [3.8, 4) is 0 Å². The van der Waals surface area contributed by atoms with E-state index in [4.69, 9.17) is 4.42 Å². The quantitative estimate of drug-likeness (QED) is 0.765. The Labute approximate surface area is 156 Å². The molecule has 9 heteroatoms. The summed E-state index contributed by atoms with van der Waals surface area (Å²) in [6, 6.07) is 5.33. The summed E-state index contributed by atoms with van der Waals surface area (Å²) in [6.07, 6.45) is 5.08. The van der Waals surface area contributed by atoms with Crippen LogP contribution < -0.4 is 5.32 Å². The largest absolute Gasteiger partial charge is 0.472 e. The Morgan fingerprint density at radius 1 is 1.42 bits per heavy atom. The molecule has 2 N–H and O–H groups in total. The molecule has 7 nitrogen and oxygen atoms in total. The molecule has 3 heterocycles. The van der Waals surface area contributed by atoms with E-state index in [0.717, 1.165) is 0 Å². The fourth-order valence-electron chi connectivity index (χ4n) is 3.15. The Morgan fingerprint density at radius 2 is 2.15 bits per heavy atom. The van der Waals surface area contributed by atoms with E-state index in [1.54, 1.807) is 6.07 Å². The van der Waals surface area contributed by atoms with E-state index in [0.29, 0.717) is 36.4 Å². The van der Waals surface area contributed by atoms with E-state index in [9.17, 15) is 18.3 Å². The smallest absolute Gasteiger partial charge is 0.223 e. The predicted octanol–water partition coefficient (Wildman–Crippen LogP) is 1.36. The lowest BCUT2D eigenvalue weighted by atomic mass is 9.93. The van der Waals surface area contributed by atoms with Gasteiger partial charge >= 0.3 is 0 Å². The van der Waals surface area contributed by atoms with Crippen molar-refractivity contribution in [2.45, 2.75) is 18.4 Å². The van der Waals surface area contributed by atoms with Crippen molar-refractivity contribution >= 4 is 27.3 Å². The van der Waals surface area contributed by atoms with Gasteiger partial charge in [-0.1, -0.05) is 6.07 Å². The monoisotopic (exact) mass is 398 g/mol. The van der Waals surface area contributed by atoms with Crippen LogP contribution in [0.1, 0.15) is 23.3 Å². The van der Waals surface area contributed by atoms with Gasteiger partial charge in [-0.25, -0.2) is 12.7 Å². The second-order valence-corrected chi connectivity index (χ2v) is 9.43. The molecule has 1 fully saturated rings. The van der Waals surface area contributed by atoms with E-state index in [2.05, 4.69) is 5.32 Å². The van der Waals surface area contributed by atoms with Gasteiger partial charge in [-0.3, -0.25) is 4.79 Å². The molecule has 1 atom stereocenters. The second kappa shape index (κ2) is 7.51. The van der Waals surface area contributed by atoms with E-state index in [-0.39, 0.29) is 18.4 Å². The number of thiophene rings is 1. The number of amides is 1. The minimum Gasteiger partial charge on any atom is -0.472 e. The first-order valence-electron chi connectivity index (χ1n) is 8.32. The third-order valence-electron chi connectivity index (χ3n) is 4.74. The number of piperidine rings is 1. The average molecular weight is 399 g/mol. The molecule has 0 unspecified atom stereocenters. The lowest BCUT2D eigenvalue weighted by Gasteiger charge is -2.31. The van der Waals surface area contributed by atoms with Crippen molar-refractivity contribution in [2.75, 3.05) is 25.9 Å². The van der Waals surface area contributed by atoms with Gasteiger partial charge in [0, 0.05) is 29.4 Å². The highest BCUT2D eigenvalue weighted by Crippen LogP contribution is 2.33. The number of sulfonamides is 1. The highest BCUT2D eigenvalue weighted by molar-refractivity contribution is 7.88. The van der Waals surface area contributed by atoms with Gasteiger partial charge in [0.2, 0.25) is 15.9 Å². The summed E-state index contributed by atoms with van der Waals surface area (Å²) in [5, 5.41) is 15.9. The third-order valence-corrected chi connectivity index (χ3v) is 7.06. The molecule has 0 radical (unpaired) electrons. The third kappa shape index (κ3) is 4.01. The first-order chi connectivity index (χ1) is 12.3. The van der Waals surface area contributed by atoms with E-state index in [1.807, 2.05) is 17.5 Å². The summed E-state index contributed by atoms with van der Waals surface area (Å²) in [5.41, 5.74) is -0.781. The number of carbonyl (C=O) groups excluding carboxylic acids is 1. The maximum Gasteiger partial charge on any atom is 0.223 e. The zero-order valence-electron chi connectivity index (χ0n) is 14.4. The van der Waals surface area contributed by atoms with Crippen molar-refractivity contribution in [2.24, 2.45) is 5.92 Å². The average Bonchev–Trinajstić information content (AvgIpc) is 3.32. The summed E-state index contributed by atoms with van der Waals surface area (Å²) < 4.78 is 29.6. The number of carbonyl (C=O) groups is 1. The molecule has 0 spiro atoms. The number of hydrogen-bond acceptors (Lipinski definition) is 6. The van der Waals surface area contributed by atoms with Crippen LogP contribution in [0.3, 0.4) is 0 Å². The number of hydrogen-bond donors (Lipinski definition) is 2. The topological polar surface area (TPSA) is 99.9 Å². The van der Waals surface area contributed by atoms with Crippen LogP contribution in [0, 0.1) is 5.92 Å². The van der Waals surface area contributed by atoms with Crippen molar-refractivity contribution in [1.29, 1.82) is 0 Å². The molecule has 3 rings (SSSR count). The van der Waals surface area contributed by atoms with Crippen molar-refractivity contribution in [3.63, 3.8) is 0 Å². The summed E-state index contributed by atoms with van der Waals surface area (Å²) in [4.78, 5) is 13.2. The number of aliphatic hydroxyl groups is 1. The first-order valence-corrected chi connectivity index (χ1v) is 11.1. The van der Waals surface area contributed by atoms with Gasteiger partial charge in [0.05, 0.1) is 25.3 Å². The highest BCUT2D eigenvalue weighted by Gasteiger charge is 2.36. The number of rotatable bonds is 6. The van der Waals surface area contributed by atoms with Crippen LogP contribution in [0.2, 0.25) is 0 Å². The molecule has 1 amide bonds. The first kappa shape index (κ1) is 19.1. The number of nitrogens with zero attached hydrogens (tertiary/aromatic N) is 1. The van der Waals surface area contributed by atoms with Crippen molar-refractivity contribution in [3.05, 3.63) is 46.5 Å². The molecule has 1 saturated heterocycles. The molecule has 0 aromatic carbocycles. The van der Waals surface area contributed by atoms with Crippen LogP contribution in [0.25, 0.3) is 0 Å². The van der Waals surface area contributed by atoms with Crippen LogP contribution in [-0.2, 0) is 20.4 Å². The summed E-state index contributed by atoms with van der Waals surface area (Å²) in [5.74, 6) is -0.429. The zero-order valence-corrected chi connectivity index (χ0v) is 16.1. The molecule has 2 aromatic rings. The predicted molar refractivity (Wildman–Crippen MR) is 98.2 cm³/mol. The second-order valence-electron chi connectivity index (χ2n) is 6.50. The van der Waals surface area contributed by atoms with Gasteiger partial charge in [0.1, 0.15) is 5.60 Å². The van der Waals surface area contributed by atoms with E-state index in [1.165, 1.54) is 34.4 Å². The Morgan fingerprint density at radius 3 is 2.69 bits per heavy atom. The van der Waals surface area contributed by atoms with Gasteiger partial charge in [0.25, 0.3) is 0 Å². The summed E-state index contributed by atoms with van der Waals surface area (Å²) in [6.45, 7) is 0.708. The standard InChI is InChI=1S/C17H22N2O5S2/c1-26(22,23)19-7-4-13(5-8-19)16(20)18-12-17(21,14-6-9-24-11-14)15-3-2-10-25-15/h2-3,6,9-11,13,21H,4-5,7-8,12H2,1H3,(H,18,20)/t17-/m1/s1. The lowest BCUT2D eigenvalue weighted by molar-refractivity contribution is -0.127. The van der Waals surface area contributed by atoms with Crippen LogP contribution in [-0.4, -0.2) is 49.6 Å². The van der Waals surface area contributed by atoms with Crippen LogP contribution in [0.5, 0.6) is 0 Å². The minimum atomic E-state index is -3.22. The summed E-state index contributed by atoms with van der Waals surface area (Å²) >= 11 is 1.40. The van der Waals surface area contributed by atoms with Gasteiger partial charge in [-0.15, -0.1) is 11.3 Å². The fourth-order valence-corrected chi connectivity index (χ4v) is 4.87. The Hall–Kier alpha value is -1.68. The Bertz CT molecular complexity index is 788. The molecule has 1 aliphatic heterocycles. The minimum absolute atomic E-state index is 0.0260. The Balaban J connectivity index is 1.64. The SMILES string of the molecule is CS(=O)(=O)N1CCC(C(=O)NC[C@@](O)(c2ccoc2)c2cccs2)CC1. The van der Waals surface area contributed by atoms with Gasteiger partial charge in [-0.05, 0) is 30.4 Å². The molecule has 0 bridgehead atoms.